The number of hydrogen-bond donors (Lipinski definition) is 1. The molecule has 1 unspecified atom stereocenters. The Morgan fingerprint density at radius 3 is 2.33 bits per heavy atom. The lowest BCUT2D eigenvalue weighted by molar-refractivity contribution is -0.182. The Morgan fingerprint density at radius 1 is 1.19 bits per heavy atom. The van der Waals surface area contributed by atoms with Crippen LogP contribution in [0, 0.1) is 11.7 Å². The highest BCUT2D eigenvalue weighted by molar-refractivity contribution is 9.10. The summed E-state index contributed by atoms with van der Waals surface area (Å²) < 4.78 is 51.5. The van der Waals surface area contributed by atoms with E-state index in [-0.39, 0.29) is 30.7 Å². The quantitative estimate of drug-likeness (QED) is 0.709. The molecule has 118 valence electrons. The zero-order chi connectivity index (χ0) is 15.6. The van der Waals surface area contributed by atoms with Crippen LogP contribution in [0.5, 0.6) is 0 Å². The van der Waals surface area contributed by atoms with Gasteiger partial charge in [0.25, 0.3) is 0 Å². The second kappa shape index (κ2) is 6.65. The van der Waals surface area contributed by atoms with E-state index in [1.807, 2.05) is 6.92 Å². The molecule has 1 aliphatic carbocycles. The van der Waals surface area contributed by atoms with Crippen molar-refractivity contribution in [3.8, 4) is 0 Å². The van der Waals surface area contributed by atoms with Crippen molar-refractivity contribution < 1.29 is 17.6 Å². The van der Waals surface area contributed by atoms with Gasteiger partial charge >= 0.3 is 6.18 Å². The molecular weight excluding hydrogens is 350 g/mol. The van der Waals surface area contributed by atoms with Crippen LogP contribution in [-0.2, 0) is 0 Å². The van der Waals surface area contributed by atoms with Gasteiger partial charge in [0, 0.05) is 12.1 Å². The molecule has 0 radical (unpaired) electrons. The predicted octanol–water partition coefficient (Wildman–Crippen LogP) is 5.36. The maximum Gasteiger partial charge on any atom is 0.391 e. The first kappa shape index (κ1) is 16.7. The molecule has 1 saturated carbocycles. The second-order valence-electron chi connectivity index (χ2n) is 5.65. The number of alkyl halides is 3. The summed E-state index contributed by atoms with van der Waals surface area (Å²) in [5.74, 6) is -1.48. The molecule has 0 bridgehead atoms. The number of hydrogen-bond acceptors (Lipinski definition) is 1. The first-order chi connectivity index (χ1) is 9.77. The first-order valence-electron chi connectivity index (χ1n) is 7.05. The van der Waals surface area contributed by atoms with Crippen molar-refractivity contribution in [3.05, 3.63) is 34.1 Å². The van der Waals surface area contributed by atoms with Crippen molar-refractivity contribution in [1.82, 2.24) is 5.32 Å². The molecule has 0 aliphatic heterocycles. The molecule has 0 aromatic heterocycles. The first-order valence-corrected chi connectivity index (χ1v) is 7.84. The summed E-state index contributed by atoms with van der Waals surface area (Å²) in [5, 5.41) is 3.34. The Bertz CT molecular complexity index is 481. The average molecular weight is 368 g/mol. The van der Waals surface area contributed by atoms with Gasteiger partial charge in [0.05, 0.1) is 10.4 Å². The summed E-state index contributed by atoms with van der Waals surface area (Å²) in [4.78, 5) is 0. The van der Waals surface area contributed by atoms with E-state index in [2.05, 4.69) is 21.2 Å². The maximum atomic E-state index is 13.2. The topological polar surface area (TPSA) is 12.0 Å². The highest BCUT2D eigenvalue weighted by Crippen LogP contribution is 2.38. The molecule has 1 N–H and O–H groups in total. The minimum Gasteiger partial charge on any atom is -0.307 e. The molecule has 1 nitrogen and oxygen atoms in total. The van der Waals surface area contributed by atoms with Crippen LogP contribution in [0.1, 0.15) is 44.2 Å². The Morgan fingerprint density at radius 2 is 1.81 bits per heavy atom. The molecule has 6 heteroatoms. The number of nitrogens with one attached hydrogen (secondary N) is 1. The Balaban J connectivity index is 1.89. The van der Waals surface area contributed by atoms with Crippen molar-refractivity contribution in [1.29, 1.82) is 0 Å². The zero-order valence-corrected chi connectivity index (χ0v) is 13.3. The van der Waals surface area contributed by atoms with Gasteiger partial charge in [-0.3, -0.25) is 0 Å². The average Bonchev–Trinajstić information content (AvgIpc) is 2.41. The van der Waals surface area contributed by atoms with Crippen LogP contribution in [0.4, 0.5) is 17.6 Å². The molecule has 1 aromatic carbocycles. The Kier molecular flexibility index (Phi) is 5.30. The van der Waals surface area contributed by atoms with Gasteiger partial charge in [-0.05, 0) is 66.2 Å². The molecule has 0 saturated heterocycles. The van der Waals surface area contributed by atoms with E-state index in [0.29, 0.717) is 17.3 Å². The van der Waals surface area contributed by atoms with Crippen molar-refractivity contribution in [2.75, 3.05) is 0 Å². The van der Waals surface area contributed by atoms with Gasteiger partial charge in [-0.2, -0.15) is 13.2 Å². The van der Waals surface area contributed by atoms with Crippen LogP contribution in [0.25, 0.3) is 0 Å². The molecular formula is C15H18BrF4N. The van der Waals surface area contributed by atoms with Crippen molar-refractivity contribution in [2.45, 2.75) is 50.9 Å². The van der Waals surface area contributed by atoms with E-state index >= 15 is 0 Å². The SMILES string of the molecule is CC(NC1CCC(C(F)(F)F)CC1)c1ccc(F)c(Br)c1. The van der Waals surface area contributed by atoms with Crippen LogP contribution in [0.2, 0.25) is 0 Å². The Hall–Kier alpha value is -0.620. The van der Waals surface area contributed by atoms with E-state index in [4.69, 9.17) is 0 Å². The largest absolute Gasteiger partial charge is 0.391 e. The molecule has 1 atom stereocenters. The molecule has 1 aliphatic rings. The van der Waals surface area contributed by atoms with Crippen molar-refractivity contribution in [2.24, 2.45) is 5.92 Å². The van der Waals surface area contributed by atoms with Gasteiger partial charge < -0.3 is 5.32 Å². The lowest BCUT2D eigenvalue weighted by atomic mass is 9.85. The molecule has 1 fully saturated rings. The normalized spacial score (nSPS) is 24.9. The lowest BCUT2D eigenvalue weighted by Crippen LogP contribution is -2.38. The van der Waals surface area contributed by atoms with Gasteiger partial charge in [-0.15, -0.1) is 0 Å². The monoisotopic (exact) mass is 367 g/mol. The fourth-order valence-corrected chi connectivity index (χ4v) is 3.22. The third kappa shape index (κ3) is 4.42. The van der Waals surface area contributed by atoms with Crippen LogP contribution < -0.4 is 5.32 Å². The number of benzene rings is 1. The van der Waals surface area contributed by atoms with E-state index < -0.39 is 12.1 Å². The summed E-state index contributed by atoms with van der Waals surface area (Å²) in [6.45, 7) is 1.94. The third-order valence-electron chi connectivity index (χ3n) is 4.12. The molecule has 0 amide bonds. The molecule has 1 aromatic rings. The van der Waals surface area contributed by atoms with E-state index in [1.54, 1.807) is 12.1 Å². The van der Waals surface area contributed by atoms with Crippen molar-refractivity contribution >= 4 is 15.9 Å². The van der Waals surface area contributed by atoms with E-state index in [9.17, 15) is 17.6 Å². The smallest absolute Gasteiger partial charge is 0.307 e. The molecule has 21 heavy (non-hydrogen) atoms. The van der Waals surface area contributed by atoms with Gasteiger partial charge in [0.15, 0.2) is 0 Å². The summed E-state index contributed by atoms with van der Waals surface area (Å²) in [6.07, 6.45) is -2.66. The van der Waals surface area contributed by atoms with Gasteiger partial charge in [-0.1, -0.05) is 6.07 Å². The third-order valence-corrected chi connectivity index (χ3v) is 4.73. The van der Waals surface area contributed by atoms with Gasteiger partial charge in [0.2, 0.25) is 0 Å². The van der Waals surface area contributed by atoms with Gasteiger partial charge in [-0.25, -0.2) is 4.39 Å². The summed E-state index contributed by atoms with van der Waals surface area (Å²) >= 11 is 3.14. The minimum absolute atomic E-state index is 0.0191. The standard InChI is InChI=1S/C15H18BrF4N/c1-9(10-2-7-14(17)13(16)8-10)21-12-5-3-11(4-6-12)15(18,19)20/h2,7-9,11-12,21H,3-6H2,1H3. The van der Waals surface area contributed by atoms with Crippen LogP contribution in [-0.4, -0.2) is 12.2 Å². The maximum absolute atomic E-state index is 13.2. The number of halogens is 5. The summed E-state index contributed by atoms with van der Waals surface area (Å²) in [5.41, 5.74) is 0.918. The molecule has 2 rings (SSSR count). The highest BCUT2D eigenvalue weighted by atomic mass is 79.9. The highest BCUT2D eigenvalue weighted by Gasteiger charge is 2.41. The molecule has 0 heterocycles. The van der Waals surface area contributed by atoms with Gasteiger partial charge in [0.1, 0.15) is 5.82 Å². The lowest BCUT2D eigenvalue weighted by Gasteiger charge is -2.32. The fraction of sp³-hybridized carbons (Fsp3) is 0.600. The van der Waals surface area contributed by atoms with E-state index in [0.717, 1.165) is 5.56 Å². The van der Waals surface area contributed by atoms with Crippen LogP contribution >= 0.6 is 15.9 Å². The zero-order valence-electron chi connectivity index (χ0n) is 11.7. The predicted molar refractivity (Wildman–Crippen MR) is 77.5 cm³/mol. The van der Waals surface area contributed by atoms with Crippen LogP contribution in [0.3, 0.4) is 0 Å². The summed E-state index contributed by atoms with van der Waals surface area (Å²) in [6, 6.07) is 4.85. The molecule has 0 spiro atoms. The fourth-order valence-electron chi connectivity index (χ4n) is 2.82. The summed E-state index contributed by atoms with van der Waals surface area (Å²) in [7, 11) is 0. The van der Waals surface area contributed by atoms with Crippen LogP contribution in [0.15, 0.2) is 22.7 Å². The van der Waals surface area contributed by atoms with E-state index in [1.165, 1.54) is 6.07 Å². The number of rotatable bonds is 3. The second-order valence-corrected chi connectivity index (χ2v) is 6.51. The van der Waals surface area contributed by atoms with Crippen molar-refractivity contribution in [3.63, 3.8) is 0 Å². The Labute approximate surface area is 130 Å². The minimum atomic E-state index is -4.07.